The number of rotatable bonds is 1. The van der Waals surface area contributed by atoms with E-state index in [9.17, 15) is 0 Å². The molecule has 0 saturated carbocycles. The Hall–Kier alpha value is -1.24. The average molecular weight is 361 g/mol. The lowest BCUT2D eigenvalue weighted by atomic mass is 10.8. The standard InChI is InChI=1S/2C5H13N3.H2O4S2/c2*1-7(2)5(6)8(3)4;1-5(2)6(3)4/h2*6H,1-4H3;(H,1,2)(H,3,4). The minimum atomic E-state index is -2.95. The molecule has 0 radical (unpaired) electrons. The molecule has 0 aromatic heterocycles. The summed E-state index contributed by atoms with van der Waals surface area (Å²) in [5, 5.41) is 0. The summed E-state index contributed by atoms with van der Waals surface area (Å²) < 4.78 is 40.1. The Morgan fingerprint density at radius 2 is 0.955 bits per heavy atom. The maximum atomic E-state index is 9.09. The molecule has 4 N–H and O–H groups in total. The topological polar surface area (TPSA) is 145 Å². The van der Waals surface area contributed by atoms with Gasteiger partial charge in [-0.25, -0.2) is 0 Å². The monoisotopic (exact) mass is 360 g/mol. The van der Waals surface area contributed by atoms with E-state index in [1.165, 1.54) is 0 Å². The maximum absolute atomic E-state index is 9.09. The molecule has 22 heavy (non-hydrogen) atoms. The molecule has 0 bridgehead atoms. The van der Waals surface area contributed by atoms with Crippen LogP contribution in [0.5, 0.6) is 0 Å². The smallest absolute Gasteiger partial charge is 0.344 e. The Kier molecular flexibility index (Phi) is 15.7. The Morgan fingerprint density at radius 3 is 0.955 bits per heavy atom. The molecule has 0 aromatic rings. The summed E-state index contributed by atoms with van der Waals surface area (Å²) in [5.41, 5.74) is 11.1. The van der Waals surface area contributed by atoms with Gasteiger partial charge in [0.05, 0.1) is 56.4 Å². The second kappa shape index (κ2) is 13.4. The molecule has 2 unspecified atom stereocenters. The van der Waals surface area contributed by atoms with Crippen LogP contribution in [0.2, 0.25) is 0 Å². The van der Waals surface area contributed by atoms with Gasteiger partial charge in [-0.3, -0.25) is 38.8 Å². The zero-order valence-electron chi connectivity index (χ0n) is 14.4. The first-order chi connectivity index (χ1) is 9.75. The van der Waals surface area contributed by atoms with E-state index in [1.54, 1.807) is 0 Å². The van der Waals surface area contributed by atoms with E-state index < -0.39 is 20.2 Å². The minimum Gasteiger partial charge on any atom is -0.763 e. The largest absolute Gasteiger partial charge is 0.763 e. The van der Waals surface area contributed by atoms with E-state index in [1.807, 2.05) is 75.3 Å². The molecule has 134 valence electrons. The van der Waals surface area contributed by atoms with Gasteiger partial charge in [0, 0.05) is 20.2 Å². The Morgan fingerprint density at radius 1 is 0.773 bits per heavy atom. The van der Waals surface area contributed by atoms with Crippen molar-refractivity contribution < 1.29 is 26.7 Å². The van der Waals surface area contributed by atoms with Gasteiger partial charge in [0.2, 0.25) is 0 Å². The second-order valence-corrected chi connectivity index (χ2v) is 7.15. The Balaban J connectivity index is -0.000000249. The van der Waals surface area contributed by atoms with E-state index >= 15 is 0 Å². The maximum Gasteiger partial charge on any atom is 0.344 e. The Bertz CT molecular complexity index is 389. The van der Waals surface area contributed by atoms with Crippen LogP contribution in [0.4, 0.5) is 0 Å². The van der Waals surface area contributed by atoms with Crippen molar-refractivity contribution in [2.75, 3.05) is 56.4 Å². The highest BCUT2D eigenvalue weighted by molar-refractivity contribution is 8.56. The number of guanidine groups is 2. The molecular formula is C10H28N6O4S2. The van der Waals surface area contributed by atoms with Crippen LogP contribution in [0.1, 0.15) is 0 Å². The van der Waals surface area contributed by atoms with Crippen molar-refractivity contribution in [2.24, 2.45) is 11.5 Å². The summed E-state index contributed by atoms with van der Waals surface area (Å²) in [7, 11) is 9.40. The molecule has 10 nitrogen and oxygen atoms in total. The predicted octanol–water partition coefficient (Wildman–Crippen LogP) is -3.07. The van der Waals surface area contributed by atoms with Crippen LogP contribution in [0.25, 0.3) is 0 Å². The molecule has 2 atom stereocenters. The van der Waals surface area contributed by atoms with Crippen LogP contribution in [0, 0.1) is 0 Å². The van der Waals surface area contributed by atoms with Gasteiger partial charge in [0.25, 0.3) is 0 Å². The summed E-state index contributed by atoms with van der Waals surface area (Å²) in [6, 6.07) is 0. The first kappa shape index (κ1) is 25.7. The minimum absolute atomic E-state index is 0.769. The normalized spacial score (nSPS) is 11.5. The van der Waals surface area contributed by atoms with Crippen molar-refractivity contribution >= 4 is 32.1 Å². The summed E-state index contributed by atoms with van der Waals surface area (Å²) in [6.07, 6.45) is 0. The SMILES string of the molecule is CN(C)C(N)=[N+](C)C.CN(C)C(N)=[N+](C)C.O=S([O-])S(=O)[O-]. The fourth-order valence-corrected chi connectivity index (χ4v) is 0.800. The van der Waals surface area contributed by atoms with Crippen molar-refractivity contribution in [1.82, 2.24) is 9.80 Å². The molecule has 12 heteroatoms. The number of nitrogens with zero attached hydrogens (tertiary/aromatic N) is 4. The zero-order chi connectivity index (χ0) is 18.6. The van der Waals surface area contributed by atoms with E-state index in [-0.39, 0.29) is 0 Å². The van der Waals surface area contributed by atoms with Crippen LogP contribution in [-0.2, 0) is 20.2 Å². The van der Waals surface area contributed by atoms with Crippen molar-refractivity contribution in [3.8, 4) is 0 Å². The van der Waals surface area contributed by atoms with Crippen LogP contribution in [0.15, 0.2) is 0 Å². The van der Waals surface area contributed by atoms with Gasteiger partial charge in [0.15, 0.2) is 0 Å². The van der Waals surface area contributed by atoms with Gasteiger partial charge >= 0.3 is 11.9 Å². The predicted molar refractivity (Wildman–Crippen MR) is 87.8 cm³/mol. The number of nitrogens with two attached hydrogens (primary N) is 2. The van der Waals surface area contributed by atoms with Crippen LogP contribution in [0.3, 0.4) is 0 Å². The quantitative estimate of drug-likeness (QED) is 0.165. The van der Waals surface area contributed by atoms with Crippen LogP contribution < -0.4 is 11.5 Å². The van der Waals surface area contributed by atoms with Gasteiger partial charge in [-0.15, -0.1) is 0 Å². The molecule has 0 rings (SSSR count). The Labute approximate surface area is 137 Å². The van der Waals surface area contributed by atoms with Gasteiger partial charge in [-0.1, -0.05) is 0 Å². The van der Waals surface area contributed by atoms with E-state index in [2.05, 4.69) is 0 Å². The molecule has 0 heterocycles. The summed E-state index contributed by atoms with van der Waals surface area (Å²) in [4.78, 5) is 3.72. The lowest BCUT2D eigenvalue weighted by Gasteiger charge is -2.05. The molecule has 0 spiro atoms. The summed E-state index contributed by atoms with van der Waals surface area (Å²) in [6.45, 7) is 0. The molecule has 0 aromatic carbocycles. The number of hydrogen-bond donors (Lipinski definition) is 2. The molecule has 0 aliphatic carbocycles. The van der Waals surface area contributed by atoms with Gasteiger partial charge in [0.1, 0.15) is 0 Å². The zero-order valence-corrected chi connectivity index (χ0v) is 16.0. The number of hydrogen-bond acceptors (Lipinski definition) is 4. The molecule has 0 aliphatic rings. The van der Waals surface area contributed by atoms with Crippen LogP contribution in [-0.4, -0.2) is 105 Å². The highest BCUT2D eigenvalue weighted by Gasteiger charge is 2.01. The third-order valence-corrected chi connectivity index (χ3v) is 2.83. The third kappa shape index (κ3) is 16.8. The molecule has 0 aliphatic heterocycles. The average Bonchev–Trinajstić information content (AvgIpc) is 2.37. The van der Waals surface area contributed by atoms with E-state index in [4.69, 9.17) is 29.0 Å². The molecule has 0 amide bonds. The fourth-order valence-electron chi connectivity index (χ4n) is 0.800. The van der Waals surface area contributed by atoms with Crippen molar-refractivity contribution in [3.05, 3.63) is 0 Å². The molecular weight excluding hydrogens is 332 g/mol. The van der Waals surface area contributed by atoms with Gasteiger partial charge in [-0.2, -0.15) is 0 Å². The highest BCUT2D eigenvalue weighted by atomic mass is 33.2. The van der Waals surface area contributed by atoms with Crippen molar-refractivity contribution in [3.63, 3.8) is 0 Å². The lowest BCUT2D eigenvalue weighted by molar-refractivity contribution is -0.470. The first-order valence-electron chi connectivity index (χ1n) is 5.88. The van der Waals surface area contributed by atoms with Gasteiger partial charge in [-0.05, 0) is 0 Å². The highest BCUT2D eigenvalue weighted by Crippen LogP contribution is 1.73. The fraction of sp³-hybridized carbons (Fsp3) is 0.800. The van der Waals surface area contributed by atoms with Gasteiger partial charge < -0.3 is 9.11 Å². The van der Waals surface area contributed by atoms with E-state index in [0.29, 0.717) is 0 Å². The van der Waals surface area contributed by atoms with Crippen molar-refractivity contribution in [1.29, 1.82) is 0 Å². The van der Waals surface area contributed by atoms with Crippen molar-refractivity contribution in [2.45, 2.75) is 0 Å². The van der Waals surface area contributed by atoms with E-state index in [0.717, 1.165) is 11.9 Å². The first-order valence-corrected chi connectivity index (χ1v) is 8.55. The summed E-state index contributed by atoms with van der Waals surface area (Å²) in [5.74, 6) is 1.54. The molecule has 0 fully saturated rings. The summed E-state index contributed by atoms with van der Waals surface area (Å²) >= 11 is 0. The lowest BCUT2D eigenvalue weighted by Crippen LogP contribution is -2.36. The third-order valence-electron chi connectivity index (χ3n) is 1.94. The van der Waals surface area contributed by atoms with Crippen LogP contribution >= 0.6 is 0 Å². The second-order valence-electron chi connectivity index (χ2n) is 4.70. The molecule has 0 saturated heterocycles.